The smallest absolute Gasteiger partial charge is 0.224 e. The molecule has 4 nitrogen and oxygen atoms in total. The topological polar surface area (TPSA) is 50.4 Å². The molecule has 0 saturated carbocycles. The van der Waals surface area contributed by atoms with E-state index in [-0.39, 0.29) is 24.2 Å². The van der Waals surface area contributed by atoms with Crippen molar-refractivity contribution in [2.24, 2.45) is 5.92 Å². The summed E-state index contributed by atoms with van der Waals surface area (Å²) in [5.41, 5.74) is 2.36. The van der Waals surface area contributed by atoms with E-state index in [4.69, 9.17) is 4.74 Å². The maximum absolute atomic E-state index is 11.6. The van der Waals surface area contributed by atoms with E-state index in [1.807, 2.05) is 40.0 Å². The third-order valence-corrected chi connectivity index (χ3v) is 2.82. The van der Waals surface area contributed by atoms with Crippen LogP contribution in [-0.4, -0.2) is 32.7 Å². The summed E-state index contributed by atoms with van der Waals surface area (Å²) in [6.07, 6.45) is 0. The second-order valence-electron chi connectivity index (χ2n) is 4.92. The van der Waals surface area contributed by atoms with Crippen molar-refractivity contribution in [3.8, 4) is 5.75 Å². The molecule has 0 radical (unpaired) electrons. The van der Waals surface area contributed by atoms with Gasteiger partial charge in [-0.3, -0.25) is 4.79 Å². The van der Waals surface area contributed by atoms with E-state index < -0.39 is 0 Å². The molecule has 0 aromatic heterocycles. The van der Waals surface area contributed by atoms with Crippen LogP contribution in [0.5, 0.6) is 5.75 Å². The average Bonchev–Trinajstić information content (AvgIpc) is 2.33. The zero-order chi connectivity index (χ0) is 14.3. The summed E-state index contributed by atoms with van der Waals surface area (Å²) in [4.78, 5) is 11.6. The van der Waals surface area contributed by atoms with Crippen molar-refractivity contribution in [3.63, 3.8) is 0 Å². The quantitative estimate of drug-likeness (QED) is 0.758. The normalized spacial score (nSPS) is 11.4. The van der Waals surface area contributed by atoms with Crippen LogP contribution in [0.4, 0.5) is 0 Å². The van der Waals surface area contributed by atoms with Gasteiger partial charge in [-0.05, 0) is 44.2 Å². The molecule has 0 heterocycles. The van der Waals surface area contributed by atoms with Crippen LogP contribution in [0.25, 0.3) is 0 Å². The standard InChI is InChI=1S/C15H24N2O2.ClH/c1-11-7-12(2)9-14(8-11)19-6-5-17-15(18)13(3)10-16-4;/h7-9,13,16H,5-6,10H2,1-4H3,(H,17,18);1H. The predicted molar refractivity (Wildman–Crippen MR) is 84.8 cm³/mol. The van der Waals surface area contributed by atoms with Gasteiger partial charge in [-0.15, -0.1) is 12.4 Å². The maximum atomic E-state index is 11.6. The number of halogens is 1. The van der Waals surface area contributed by atoms with Crippen LogP contribution >= 0.6 is 12.4 Å². The molecule has 0 aliphatic heterocycles. The van der Waals surface area contributed by atoms with E-state index in [9.17, 15) is 4.79 Å². The first-order chi connectivity index (χ1) is 9.02. The molecular weight excluding hydrogens is 276 g/mol. The number of benzene rings is 1. The lowest BCUT2D eigenvalue weighted by atomic mass is 10.1. The molecule has 114 valence electrons. The highest BCUT2D eigenvalue weighted by molar-refractivity contribution is 5.85. The second kappa shape index (κ2) is 9.61. The molecule has 0 aliphatic rings. The summed E-state index contributed by atoms with van der Waals surface area (Å²) in [5, 5.41) is 5.85. The zero-order valence-corrected chi connectivity index (χ0v) is 13.5. The Morgan fingerprint density at radius 2 is 1.85 bits per heavy atom. The van der Waals surface area contributed by atoms with Crippen molar-refractivity contribution < 1.29 is 9.53 Å². The molecule has 1 atom stereocenters. The molecular formula is C15H25ClN2O2. The first-order valence-corrected chi connectivity index (χ1v) is 6.66. The molecule has 1 aromatic rings. The summed E-state index contributed by atoms with van der Waals surface area (Å²) < 4.78 is 5.63. The van der Waals surface area contributed by atoms with Gasteiger partial charge in [-0.25, -0.2) is 0 Å². The first kappa shape index (κ1) is 18.7. The lowest BCUT2D eigenvalue weighted by Gasteiger charge is -2.12. The van der Waals surface area contributed by atoms with Gasteiger partial charge in [-0.1, -0.05) is 13.0 Å². The van der Waals surface area contributed by atoms with Gasteiger partial charge in [0.2, 0.25) is 5.91 Å². The third-order valence-electron chi connectivity index (χ3n) is 2.82. The molecule has 20 heavy (non-hydrogen) atoms. The summed E-state index contributed by atoms with van der Waals surface area (Å²) in [6.45, 7) is 7.68. The third kappa shape index (κ3) is 6.78. The number of amides is 1. The van der Waals surface area contributed by atoms with Crippen molar-refractivity contribution in [2.45, 2.75) is 20.8 Å². The highest BCUT2D eigenvalue weighted by Gasteiger charge is 2.10. The number of aryl methyl sites for hydroxylation is 2. The molecule has 0 spiro atoms. The number of carbonyl (C=O) groups excluding carboxylic acids is 1. The molecule has 1 unspecified atom stereocenters. The number of rotatable bonds is 7. The Bertz CT molecular complexity index is 404. The summed E-state index contributed by atoms with van der Waals surface area (Å²) in [7, 11) is 1.84. The van der Waals surface area contributed by atoms with Gasteiger partial charge in [0, 0.05) is 12.5 Å². The Kier molecular flexibility index (Phi) is 9.01. The number of hydrogen-bond acceptors (Lipinski definition) is 3. The molecule has 1 aromatic carbocycles. The Balaban J connectivity index is 0.00000361. The van der Waals surface area contributed by atoms with Crippen LogP contribution in [0.15, 0.2) is 18.2 Å². The number of hydrogen-bond donors (Lipinski definition) is 2. The van der Waals surface area contributed by atoms with Crippen molar-refractivity contribution in [1.82, 2.24) is 10.6 Å². The van der Waals surface area contributed by atoms with Gasteiger partial charge >= 0.3 is 0 Å². The second-order valence-corrected chi connectivity index (χ2v) is 4.92. The molecule has 0 bridgehead atoms. The molecule has 0 fully saturated rings. The fourth-order valence-electron chi connectivity index (χ4n) is 1.93. The van der Waals surface area contributed by atoms with Crippen LogP contribution in [0, 0.1) is 19.8 Å². The van der Waals surface area contributed by atoms with E-state index in [0.717, 1.165) is 5.75 Å². The van der Waals surface area contributed by atoms with Gasteiger partial charge in [0.1, 0.15) is 12.4 Å². The van der Waals surface area contributed by atoms with Gasteiger partial charge in [-0.2, -0.15) is 0 Å². The minimum atomic E-state index is -0.0220. The van der Waals surface area contributed by atoms with Crippen molar-refractivity contribution in [2.75, 3.05) is 26.7 Å². The molecule has 0 saturated heterocycles. The molecule has 2 N–H and O–H groups in total. The number of carbonyl (C=O) groups is 1. The summed E-state index contributed by atoms with van der Waals surface area (Å²) in [5.74, 6) is 0.889. The number of ether oxygens (including phenoxy) is 1. The Labute approximate surface area is 127 Å². The molecule has 0 aliphatic carbocycles. The molecule has 5 heteroatoms. The van der Waals surface area contributed by atoms with Crippen molar-refractivity contribution >= 4 is 18.3 Å². The van der Waals surface area contributed by atoms with Crippen LogP contribution < -0.4 is 15.4 Å². The van der Waals surface area contributed by atoms with Crippen molar-refractivity contribution in [1.29, 1.82) is 0 Å². The van der Waals surface area contributed by atoms with Crippen LogP contribution in [-0.2, 0) is 4.79 Å². The van der Waals surface area contributed by atoms with Crippen LogP contribution in [0.1, 0.15) is 18.1 Å². The van der Waals surface area contributed by atoms with Crippen LogP contribution in [0.3, 0.4) is 0 Å². The largest absolute Gasteiger partial charge is 0.492 e. The van der Waals surface area contributed by atoms with Gasteiger partial charge in [0.25, 0.3) is 0 Å². The van der Waals surface area contributed by atoms with E-state index >= 15 is 0 Å². The highest BCUT2D eigenvalue weighted by atomic mass is 35.5. The average molecular weight is 301 g/mol. The lowest BCUT2D eigenvalue weighted by molar-refractivity contribution is -0.124. The van der Waals surface area contributed by atoms with E-state index in [2.05, 4.69) is 16.7 Å². The van der Waals surface area contributed by atoms with Crippen LogP contribution in [0.2, 0.25) is 0 Å². The van der Waals surface area contributed by atoms with E-state index in [1.165, 1.54) is 11.1 Å². The minimum Gasteiger partial charge on any atom is -0.492 e. The fraction of sp³-hybridized carbons (Fsp3) is 0.533. The van der Waals surface area contributed by atoms with Gasteiger partial charge in [0.05, 0.1) is 6.54 Å². The van der Waals surface area contributed by atoms with Crippen molar-refractivity contribution in [3.05, 3.63) is 29.3 Å². The Morgan fingerprint density at radius 1 is 1.25 bits per heavy atom. The molecule has 1 amide bonds. The minimum absolute atomic E-state index is 0. The van der Waals surface area contributed by atoms with Gasteiger partial charge in [0.15, 0.2) is 0 Å². The lowest BCUT2D eigenvalue weighted by Crippen LogP contribution is -2.36. The number of nitrogens with one attached hydrogen (secondary N) is 2. The van der Waals surface area contributed by atoms with Gasteiger partial charge < -0.3 is 15.4 Å². The summed E-state index contributed by atoms with van der Waals surface area (Å²) in [6, 6.07) is 6.10. The highest BCUT2D eigenvalue weighted by Crippen LogP contribution is 2.15. The van der Waals surface area contributed by atoms with E-state index in [1.54, 1.807) is 0 Å². The fourth-order valence-corrected chi connectivity index (χ4v) is 1.93. The molecule has 1 rings (SSSR count). The maximum Gasteiger partial charge on any atom is 0.224 e. The monoisotopic (exact) mass is 300 g/mol. The Hall–Kier alpha value is -1.26. The zero-order valence-electron chi connectivity index (χ0n) is 12.7. The predicted octanol–water partition coefficient (Wildman–Crippen LogP) is 2.08. The van der Waals surface area contributed by atoms with E-state index in [0.29, 0.717) is 19.7 Å². The SMILES string of the molecule is CNCC(C)C(=O)NCCOc1cc(C)cc(C)c1.Cl. The first-order valence-electron chi connectivity index (χ1n) is 6.66. The summed E-state index contributed by atoms with van der Waals surface area (Å²) >= 11 is 0. The Morgan fingerprint density at radius 3 is 2.40 bits per heavy atom.